The third-order valence-corrected chi connectivity index (χ3v) is 3.58. The Kier molecular flexibility index (Phi) is 10.7. The van der Waals surface area contributed by atoms with Gasteiger partial charge in [0.2, 0.25) is 0 Å². The normalized spacial score (nSPS) is 17.4. The second kappa shape index (κ2) is 10.7. The van der Waals surface area contributed by atoms with Crippen LogP contribution in [0.2, 0.25) is 0 Å². The van der Waals surface area contributed by atoms with E-state index in [4.69, 9.17) is 17.3 Å². The average molecular weight is 327 g/mol. The Morgan fingerprint density at radius 2 is 1.65 bits per heavy atom. The SMILES string of the molecule is CCCCCN(C[C@H](O)[C@@H](O)[C@H](O)[C@H](O)CO)C(=S)S. The monoisotopic (exact) mass is 327 g/mol. The van der Waals surface area contributed by atoms with Gasteiger partial charge in [-0.15, -0.1) is 12.6 Å². The first kappa shape index (κ1) is 20.0. The van der Waals surface area contributed by atoms with E-state index in [9.17, 15) is 20.4 Å². The van der Waals surface area contributed by atoms with E-state index >= 15 is 0 Å². The second-order valence-corrected chi connectivity index (χ2v) is 5.85. The van der Waals surface area contributed by atoms with Gasteiger partial charge in [-0.25, -0.2) is 0 Å². The molecule has 0 aliphatic heterocycles. The molecular weight excluding hydrogens is 302 g/mol. The Hall–Kier alpha value is 0.0400. The van der Waals surface area contributed by atoms with Crippen LogP contribution in [0.5, 0.6) is 0 Å². The van der Waals surface area contributed by atoms with Gasteiger partial charge in [0.1, 0.15) is 22.6 Å². The van der Waals surface area contributed by atoms with Crippen molar-refractivity contribution >= 4 is 29.2 Å². The van der Waals surface area contributed by atoms with Crippen molar-refractivity contribution in [1.29, 1.82) is 0 Å². The van der Waals surface area contributed by atoms with Gasteiger partial charge in [0.05, 0.1) is 12.7 Å². The zero-order chi connectivity index (χ0) is 15.7. The molecule has 0 amide bonds. The Morgan fingerprint density at radius 1 is 1.10 bits per heavy atom. The molecule has 0 unspecified atom stereocenters. The zero-order valence-electron chi connectivity index (χ0n) is 11.6. The fraction of sp³-hybridized carbons (Fsp3) is 0.917. The summed E-state index contributed by atoms with van der Waals surface area (Å²) in [6.45, 7) is 1.96. The van der Waals surface area contributed by atoms with E-state index in [-0.39, 0.29) is 6.54 Å². The number of aliphatic hydroxyl groups excluding tert-OH is 5. The molecule has 120 valence electrons. The summed E-state index contributed by atoms with van der Waals surface area (Å²) < 4.78 is 0.296. The lowest BCUT2D eigenvalue weighted by molar-refractivity contribution is -0.117. The van der Waals surface area contributed by atoms with E-state index in [0.717, 1.165) is 19.3 Å². The second-order valence-electron chi connectivity index (χ2n) is 4.73. The first-order chi connectivity index (χ1) is 9.34. The summed E-state index contributed by atoms with van der Waals surface area (Å²) in [4.78, 5) is 1.63. The van der Waals surface area contributed by atoms with Gasteiger partial charge in [0.15, 0.2) is 0 Å². The van der Waals surface area contributed by atoms with Gasteiger partial charge in [0.25, 0.3) is 0 Å². The predicted octanol–water partition coefficient (Wildman–Crippen LogP) is -0.871. The number of aliphatic hydroxyl groups is 5. The van der Waals surface area contributed by atoms with Crippen molar-refractivity contribution in [3.05, 3.63) is 0 Å². The maximum absolute atomic E-state index is 9.87. The molecule has 8 heteroatoms. The average Bonchev–Trinajstić information content (AvgIpc) is 2.43. The lowest BCUT2D eigenvalue weighted by Gasteiger charge is -2.30. The van der Waals surface area contributed by atoms with E-state index in [1.807, 2.05) is 0 Å². The minimum Gasteiger partial charge on any atom is -0.394 e. The Bertz CT molecular complexity index is 283. The number of hydrogen-bond donors (Lipinski definition) is 6. The topological polar surface area (TPSA) is 104 Å². The van der Waals surface area contributed by atoms with Crippen LogP contribution in [0.1, 0.15) is 26.2 Å². The quantitative estimate of drug-likeness (QED) is 0.176. The summed E-state index contributed by atoms with van der Waals surface area (Å²) >= 11 is 9.02. The van der Waals surface area contributed by atoms with Gasteiger partial charge in [-0.1, -0.05) is 32.0 Å². The lowest BCUT2D eigenvalue weighted by Crippen LogP contribution is -2.50. The number of thiol groups is 1. The highest BCUT2D eigenvalue weighted by Gasteiger charge is 2.31. The lowest BCUT2D eigenvalue weighted by atomic mass is 10.0. The van der Waals surface area contributed by atoms with E-state index in [0.29, 0.717) is 10.9 Å². The van der Waals surface area contributed by atoms with Crippen LogP contribution in [0.3, 0.4) is 0 Å². The molecule has 20 heavy (non-hydrogen) atoms. The molecule has 0 fully saturated rings. The van der Waals surface area contributed by atoms with E-state index in [1.165, 1.54) is 0 Å². The fourth-order valence-electron chi connectivity index (χ4n) is 1.71. The molecule has 6 nitrogen and oxygen atoms in total. The highest BCUT2D eigenvalue weighted by Crippen LogP contribution is 2.10. The third-order valence-electron chi connectivity index (χ3n) is 3.03. The molecule has 0 aliphatic rings. The minimum atomic E-state index is -1.62. The largest absolute Gasteiger partial charge is 0.394 e. The summed E-state index contributed by atoms with van der Waals surface area (Å²) in [7, 11) is 0. The molecule has 5 N–H and O–H groups in total. The van der Waals surface area contributed by atoms with Crippen LogP contribution in [0.15, 0.2) is 0 Å². The van der Waals surface area contributed by atoms with Gasteiger partial charge < -0.3 is 30.4 Å². The molecule has 0 spiro atoms. The summed E-state index contributed by atoms with van der Waals surface area (Å²) in [5.74, 6) is 0. The number of nitrogens with zero attached hydrogens (tertiary/aromatic N) is 1. The molecule has 0 saturated heterocycles. The summed E-state index contributed by atoms with van der Waals surface area (Å²) in [5, 5.41) is 47.1. The number of unbranched alkanes of at least 4 members (excludes halogenated alkanes) is 2. The van der Waals surface area contributed by atoms with Crippen molar-refractivity contribution in [1.82, 2.24) is 4.90 Å². The van der Waals surface area contributed by atoms with E-state index in [1.54, 1.807) is 4.90 Å². The van der Waals surface area contributed by atoms with Gasteiger partial charge in [0, 0.05) is 13.1 Å². The highest BCUT2D eigenvalue weighted by atomic mass is 32.1. The Morgan fingerprint density at radius 3 is 2.10 bits per heavy atom. The fourth-order valence-corrected chi connectivity index (χ4v) is 2.06. The van der Waals surface area contributed by atoms with Gasteiger partial charge in [-0.3, -0.25) is 0 Å². The standard InChI is InChI=1S/C12H25NO5S2/c1-2-3-4-5-13(12(19)20)6-8(15)10(17)11(18)9(16)7-14/h8-11,14-18H,2-7H2,1H3,(H,19,20)/t8-,9+,10+,11+/m0/s1. The van der Waals surface area contributed by atoms with Crippen LogP contribution >= 0.6 is 24.8 Å². The summed E-state index contributed by atoms with van der Waals surface area (Å²) in [6.07, 6.45) is -3.08. The molecule has 0 aliphatic carbocycles. The maximum atomic E-state index is 9.87. The molecule has 0 aromatic rings. The Balaban J connectivity index is 4.43. The summed E-state index contributed by atoms with van der Waals surface area (Å²) in [5.41, 5.74) is 0. The zero-order valence-corrected chi connectivity index (χ0v) is 13.3. The van der Waals surface area contributed by atoms with Crippen molar-refractivity contribution in [2.45, 2.75) is 50.6 Å². The molecule has 0 rings (SSSR count). The first-order valence-electron chi connectivity index (χ1n) is 6.66. The van der Waals surface area contributed by atoms with Gasteiger partial charge in [-0.2, -0.15) is 0 Å². The van der Waals surface area contributed by atoms with Crippen LogP contribution < -0.4 is 0 Å². The van der Waals surface area contributed by atoms with Crippen LogP contribution in [0.25, 0.3) is 0 Å². The van der Waals surface area contributed by atoms with Crippen molar-refractivity contribution in [3.8, 4) is 0 Å². The molecule has 0 bridgehead atoms. The smallest absolute Gasteiger partial charge is 0.133 e. The molecule has 0 radical (unpaired) electrons. The van der Waals surface area contributed by atoms with Crippen molar-refractivity contribution < 1.29 is 25.5 Å². The Labute approximate surface area is 130 Å². The van der Waals surface area contributed by atoms with Gasteiger partial charge in [-0.05, 0) is 6.42 Å². The molecule has 0 saturated carbocycles. The molecule has 0 aromatic heterocycles. The van der Waals surface area contributed by atoms with E-state index in [2.05, 4.69) is 19.6 Å². The maximum Gasteiger partial charge on any atom is 0.133 e. The number of thiocarbonyl (C=S) groups is 1. The van der Waals surface area contributed by atoms with Crippen molar-refractivity contribution in [2.24, 2.45) is 0 Å². The first-order valence-corrected chi connectivity index (χ1v) is 7.51. The molecule has 0 aromatic carbocycles. The molecule has 0 heterocycles. The highest BCUT2D eigenvalue weighted by molar-refractivity contribution is 8.10. The number of hydrogen-bond acceptors (Lipinski definition) is 6. The molecular formula is C12H25NO5S2. The van der Waals surface area contributed by atoms with Crippen LogP contribution in [0, 0.1) is 0 Å². The van der Waals surface area contributed by atoms with Crippen LogP contribution in [-0.4, -0.2) is 78.9 Å². The summed E-state index contributed by atoms with van der Waals surface area (Å²) in [6, 6.07) is 0. The van der Waals surface area contributed by atoms with Gasteiger partial charge >= 0.3 is 0 Å². The van der Waals surface area contributed by atoms with E-state index < -0.39 is 31.0 Å². The minimum absolute atomic E-state index is 0.00240. The third kappa shape index (κ3) is 7.16. The van der Waals surface area contributed by atoms with Crippen LogP contribution in [0.4, 0.5) is 0 Å². The predicted molar refractivity (Wildman–Crippen MR) is 83.8 cm³/mol. The van der Waals surface area contributed by atoms with Crippen molar-refractivity contribution in [2.75, 3.05) is 19.7 Å². The molecule has 4 atom stereocenters. The van der Waals surface area contributed by atoms with Crippen LogP contribution in [-0.2, 0) is 0 Å². The van der Waals surface area contributed by atoms with Crippen molar-refractivity contribution in [3.63, 3.8) is 0 Å². The number of rotatable bonds is 10.